The normalized spacial score (nSPS) is 11.2. The number of rotatable bonds is 6. The SMILES string of the molecule is Cc1nc(C)c(CC(=O)C(C)C)nc1CC(=O)C(C)C. The Balaban J connectivity index is 3.03. The second-order valence-corrected chi connectivity index (χ2v) is 5.88. The van der Waals surface area contributed by atoms with Gasteiger partial charge in [-0.25, -0.2) is 0 Å². The van der Waals surface area contributed by atoms with Crippen LogP contribution in [0.1, 0.15) is 50.5 Å². The van der Waals surface area contributed by atoms with Crippen molar-refractivity contribution in [1.82, 2.24) is 9.97 Å². The standard InChI is InChI=1S/C16H24N2O2/c1-9(2)15(19)7-13-11(5)17-12(6)14(18-13)8-16(20)10(3)4/h9-10H,7-8H2,1-6H3. The average Bonchev–Trinajstić information content (AvgIpc) is 2.34. The lowest BCUT2D eigenvalue weighted by Gasteiger charge is -2.11. The molecule has 4 heteroatoms. The van der Waals surface area contributed by atoms with Gasteiger partial charge < -0.3 is 0 Å². The van der Waals surface area contributed by atoms with Crippen LogP contribution in [0.4, 0.5) is 0 Å². The smallest absolute Gasteiger partial charge is 0.141 e. The van der Waals surface area contributed by atoms with Crippen molar-refractivity contribution in [3.63, 3.8) is 0 Å². The average molecular weight is 276 g/mol. The summed E-state index contributed by atoms with van der Waals surface area (Å²) < 4.78 is 0. The van der Waals surface area contributed by atoms with Gasteiger partial charge >= 0.3 is 0 Å². The number of carbonyl (C=O) groups is 2. The minimum Gasteiger partial charge on any atom is -0.299 e. The highest BCUT2D eigenvalue weighted by atomic mass is 16.1. The van der Waals surface area contributed by atoms with Crippen molar-refractivity contribution in [2.45, 2.75) is 54.4 Å². The van der Waals surface area contributed by atoms with Gasteiger partial charge in [-0.1, -0.05) is 27.7 Å². The van der Waals surface area contributed by atoms with Gasteiger partial charge in [0.2, 0.25) is 0 Å². The van der Waals surface area contributed by atoms with Gasteiger partial charge in [-0.2, -0.15) is 0 Å². The first kappa shape index (κ1) is 16.5. The van der Waals surface area contributed by atoms with E-state index in [0.717, 1.165) is 11.4 Å². The highest BCUT2D eigenvalue weighted by molar-refractivity contribution is 5.83. The summed E-state index contributed by atoms with van der Waals surface area (Å²) in [5.41, 5.74) is 2.94. The van der Waals surface area contributed by atoms with Crippen molar-refractivity contribution in [3.8, 4) is 0 Å². The molecule has 0 N–H and O–H groups in total. The Hall–Kier alpha value is -1.58. The van der Waals surface area contributed by atoms with Gasteiger partial charge in [-0.3, -0.25) is 19.6 Å². The second kappa shape index (κ2) is 6.73. The molecule has 1 aromatic heterocycles. The van der Waals surface area contributed by atoms with E-state index < -0.39 is 0 Å². The quantitative estimate of drug-likeness (QED) is 0.801. The van der Waals surface area contributed by atoms with E-state index in [1.54, 1.807) is 0 Å². The summed E-state index contributed by atoms with van der Waals surface area (Å²) >= 11 is 0. The van der Waals surface area contributed by atoms with Gasteiger partial charge in [-0.05, 0) is 13.8 Å². The highest BCUT2D eigenvalue weighted by Crippen LogP contribution is 2.13. The van der Waals surface area contributed by atoms with Crippen molar-refractivity contribution < 1.29 is 9.59 Å². The van der Waals surface area contributed by atoms with Crippen LogP contribution in [0.25, 0.3) is 0 Å². The molecular weight excluding hydrogens is 252 g/mol. The number of nitrogens with zero attached hydrogens (tertiary/aromatic N) is 2. The molecule has 20 heavy (non-hydrogen) atoms. The van der Waals surface area contributed by atoms with Crippen LogP contribution in [-0.2, 0) is 22.4 Å². The van der Waals surface area contributed by atoms with E-state index in [1.165, 1.54) is 0 Å². The molecule has 0 atom stereocenters. The van der Waals surface area contributed by atoms with Crippen molar-refractivity contribution in [1.29, 1.82) is 0 Å². The highest BCUT2D eigenvalue weighted by Gasteiger charge is 2.17. The lowest BCUT2D eigenvalue weighted by Crippen LogP contribution is -2.17. The number of aromatic nitrogens is 2. The Bertz CT molecular complexity index is 476. The van der Waals surface area contributed by atoms with Gasteiger partial charge in [0.1, 0.15) is 11.6 Å². The molecule has 0 saturated heterocycles. The van der Waals surface area contributed by atoms with Crippen molar-refractivity contribution in [2.75, 3.05) is 0 Å². The van der Waals surface area contributed by atoms with Crippen LogP contribution in [0.15, 0.2) is 0 Å². The molecule has 0 aliphatic carbocycles. The van der Waals surface area contributed by atoms with Crippen molar-refractivity contribution >= 4 is 11.6 Å². The third-order valence-corrected chi connectivity index (χ3v) is 3.41. The molecule has 0 amide bonds. The van der Waals surface area contributed by atoms with Gasteiger partial charge in [0.15, 0.2) is 0 Å². The molecule has 1 rings (SSSR count). The van der Waals surface area contributed by atoms with E-state index in [1.807, 2.05) is 41.5 Å². The fourth-order valence-corrected chi connectivity index (χ4v) is 1.78. The van der Waals surface area contributed by atoms with Gasteiger partial charge in [0, 0.05) is 11.8 Å². The number of carbonyl (C=O) groups excluding carboxylic acids is 2. The summed E-state index contributed by atoms with van der Waals surface area (Å²) in [6.45, 7) is 11.2. The Labute approximate surface area is 121 Å². The Morgan fingerprint density at radius 2 is 1.15 bits per heavy atom. The lowest BCUT2D eigenvalue weighted by molar-refractivity contribution is -0.121. The maximum Gasteiger partial charge on any atom is 0.141 e. The number of Topliss-reactive ketones (excluding diaryl/α,β-unsaturated/α-hetero) is 2. The molecule has 1 heterocycles. The fraction of sp³-hybridized carbons (Fsp3) is 0.625. The second-order valence-electron chi connectivity index (χ2n) is 5.88. The molecule has 4 nitrogen and oxygen atoms in total. The third kappa shape index (κ3) is 4.22. The lowest BCUT2D eigenvalue weighted by atomic mass is 10.0. The van der Waals surface area contributed by atoms with Crippen LogP contribution in [-0.4, -0.2) is 21.5 Å². The number of aryl methyl sites for hydroxylation is 2. The van der Waals surface area contributed by atoms with Gasteiger partial charge in [0.25, 0.3) is 0 Å². The Morgan fingerprint density at radius 1 is 0.800 bits per heavy atom. The molecule has 0 aromatic carbocycles. The molecule has 1 aromatic rings. The zero-order valence-corrected chi connectivity index (χ0v) is 13.3. The predicted octanol–water partition coefficient (Wildman–Crippen LogP) is 2.63. The zero-order valence-electron chi connectivity index (χ0n) is 13.3. The van der Waals surface area contributed by atoms with E-state index in [0.29, 0.717) is 24.2 Å². The summed E-state index contributed by atoms with van der Waals surface area (Å²) in [6.07, 6.45) is 0.583. The molecule has 110 valence electrons. The molecule has 0 radical (unpaired) electrons. The molecular formula is C16H24N2O2. The summed E-state index contributed by atoms with van der Waals surface area (Å²) in [4.78, 5) is 32.7. The van der Waals surface area contributed by atoms with Crippen LogP contribution in [0.5, 0.6) is 0 Å². The van der Waals surface area contributed by atoms with E-state index in [4.69, 9.17) is 0 Å². The molecule has 0 aliphatic heterocycles. The van der Waals surface area contributed by atoms with Crippen LogP contribution >= 0.6 is 0 Å². The molecule has 0 spiro atoms. The first-order chi connectivity index (χ1) is 9.22. The van der Waals surface area contributed by atoms with Crippen LogP contribution < -0.4 is 0 Å². The first-order valence-corrected chi connectivity index (χ1v) is 7.10. The summed E-state index contributed by atoms with van der Waals surface area (Å²) in [6, 6.07) is 0. The third-order valence-electron chi connectivity index (χ3n) is 3.41. The Kier molecular flexibility index (Phi) is 5.54. The maximum absolute atomic E-state index is 11.9. The van der Waals surface area contributed by atoms with Crippen LogP contribution in [0, 0.1) is 25.7 Å². The van der Waals surface area contributed by atoms with E-state index in [9.17, 15) is 9.59 Å². The molecule has 0 aliphatic rings. The van der Waals surface area contributed by atoms with Crippen LogP contribution in [0.2, 0.25) is 0 Å². The molecule has 0 fully saturated rings. The summed E-state index contributed by atoms with van der Waals surface area (Å²) in [5, 5.41) is 0. The van der Waals surface area contributed by atoms with E-state index in [-0.39, 0.29) is 23.4 Å². The zero-order chi connectivity index (χ0) is 15.4. The maximum atomic E-state index is 11.9. The largest absolute Gasteiger partial charge is 0.299 e. The minimum atomic E-state index is -0.0155. The van der Waals surface area contributed by atoms with Crippen molar-refractivity contribution in [3.05, 3.63) is 22.8 Å². The summed E-state index contributed by atoms with van der Waals surface area (Å²) in [7, 11) is 0. The Morgan fingerprint density at radius 3 is 1.45 bits per heavy atom. The monoisotopic (exact) mass is 276 g/mol. The molecule has 0 bridgehead atoms. The van der Waals surface area contributed by atoms with Gasteiger partial charge in [-0.15, -0.1) is 0 Å². The van der Waals surface area contributed by atoms with E-state index >= 15 is 0 Å². The van der Waals surface area contributed by atoms with Crippen molar-refractivity contribution in [2.24, 2.45) is 11.8 Å². The summed E-state index contributed by atoms with van der Waals surface area (Å²) in [5.74, 6) is 0.260. The predicted molar refractivity (Wildman–Crippen MR) is 78.6 cm³/mol. The van der Waals surface area contributed by atoms with Gasteiger partial charge in [0.05, 0.1) is 35.6 Å². The molecule has 0 saturated carbocycles. The number of hydrogen-bond acceptors (Lipinski definition) is 4. The first-order valence-electron chi connectivity index (χ1n) is 7.10. The minimum absolute atomic E-state index is 0.0155. The fourth-order valence-electron chi connectivity index (χ4n) is 1.78. The molecule has 0 unspecified atom stereocenters. The topological polar surface area (TPSA) is 59.9 Å². The van der Waals surface area contributed by atoms with Crippen LogP contribution in [0.3, 0.4) is 0 Å². The number of ketones is 2. The van der Waals surface area contributed by atoms with E-state index in [2.05, 4.69) is 9.97 Å². The number of hydrogen-bond donors (Lipinski definition) is 0.